The van der Waals surface area contributed by atoms with Gasteiger partial charge in [0.05, 0.1) is 22.3 Å². The number of para-hydroxylation sites is 2. The number of imidazole rings is 1. The van der Waals surface area contributed by atoms with Gasteiger partial charge in [0.2, 0.25) is 0 Å². The van der Waals surface area contributed by atoms with Crippen LogP contribution < -0.4 is 5.32 Å². The highest BCUT2D eigenvalue weighted by molar-refractivity contribution is 5.95. The highest BCUT2D eigenvalue weighted by Crippen LogP contribution is 2.28. The first kappa shape index (κ1) is 18.9. The second kappa shape index (κ2) is 7.38. The van der Waals surface area contributed by atoms with Gasteiger partial charge < -0.3 is 9.88 Å². The van der Waals surface area contributed by atoms with Crippen molar-refractivity contribution in [2.45, 2.75) is 33.0 Å². The monoisotopic (exact) mass is 376 g/mol. The first-order chi connectivity index (χ1) is 12.8. The molecule has 0 aliphatic rings. The van der Waals surface area contributed by atoms with Crippen molar-refractivity contribution in [3.63, 3.8) is 0 Å². The van der Waals surface area contributed by atoms with E-state index in [9.17, 15) is 18.0 Å². The lowest BCUT2D eigenvalue weighted by Gasteiger charge is -2.11. The molecule has 0 atom stereocenters. The Kier molecular flexibility index (Phi) is 5.16. The molecule has 3 aromatic rings. The van der Waals surface area contributed by atoms with Crippen LogP contribution in [0.4, 0.5) is 13.2 Å². The van der Waals surface area contributed by atoms with Crippen molar-refractivity contribution in [3.8, 4) is 0 Å². The normalized spacial score (nSPS) is 11.7. The number of benzene rings is 1. The van der Waals surface area contributed by atoms with Gasteiger partial charge in [-0.1, -0.05) is 12.1 Å². The largest absolute Gasteiger partial charge is 0.433 e. The van der Waals surface area contributed by atoms with Crippen LogP contribution in [0.15, 0.2) is 36.4 Å². The molecule has 0 saturated heterocycles. The zero-order chi connectivity index (χ0) is 19.6. The lowest BCUT2D eigenvalue weighted by Crippen LogP contribution is -2.26. The highest BCUT2D eigenvalue weighted by Gasteiger charge is 2.33. The molecule has 3 rings (SSSR count). The maximum Gasteiger partial charge on any atom is 0.433 e. The number of amides is 1. The second-order valence-corrected chi connectivity index (χ2v) is 6.24. The number of pyridine rings is 1. The Labute approximate surface area is 154 Å². The van der Waals surface area contributed by atoms with Crippen LogP contribution in [0, 0.1) is 13.8 Å². The summed E-state index contributed by atoms with van der Waals surface area (Å²) in [4.78, 5) is 20.2. The number of aromatic nitrogens is 3. The number of carbonyl (C=O) groups excluding carboxylic acids is 1. The molecule has 0 unspecified atom stereocenters. The van der Waals surface area contributed by atoms with Gasteiger partial charge in [-0.05, 0) is 44.5 Å². The molecule has 142 valence electrons. The summed E-state index contributed by atoms with van der Waals surface area (Å²) in [7, 11) is 0. The zero-order valence-corrected chi connectivity index (χ0v) is 15.0. The van der Waals surface area contributed by atoms with Crippen LogP contribution in [0.5, 0.6) is 0 Å². The fourth-order valence-corrected chi connectivity index (χ4v) is 2.97. The van der Waals surface area contributed by atoms with Crippen molar-refractivity contribution < 1.29 is 18.0 Å². The molecular formula is C19H19F3N4O. The van der Waals surface area contributed by atoms with Crippen LogP contribution in [-0.2, 0) is 12.7 Å². The molecule has 2 aromatic heterocycles. The van der Waals surface area contributed by atoms with Crippen molar-refractivity contribution in [2.75, 3.05) is 6.54 Å². The summed E-state index contributed by atoms with van der Waals surface area (Å²) in [6.45, 7) is 4.39. The number of fused-ring (bicyclic) bond motifs is 1. The Morgan fingerprint density at radius 2 is 1.85 bits per heavy atom. The van der Waals surface area contributed by atoms with E-state index in [0.29, 0.717) is 19.5 Å². The fourth-order valence-electron chi connectivity index (χ4n) is 2.97. The number of hydrogen-bond acceptors (Lipinski definition) is 3. The molecule has 5 nitrogen and oxygen atoms in total. The minimum Gasteiger partial charge on any atom is -0.352 e. The molecule has 0 fully saturated rings. The average Bonchev–Trinajstić information content (AvgIpc) is 2.93. The van der Waals surface area contributed by atoms with E-state index in [0.717, 1.165) is 29.0 Å². The molecule has 8 heteroatoms. The van der Waals surface area contributed by atoms with Gasteiger partial charge >= 0.3 is 6.18 Å². The van der Waals surface area contributed by atoms with Gasteiger partial charge in [0.25, 0.3) is 5.91 Å². The zero-order valence-electron chi connectivity index (χ0n) is 15.0. The van der Waals surface area contributed by atoms with Gasteiger partial charge in [-0.2, -0.15) is 13.2 Å². The van der Waals surface area contributed by atoms with Gasteiger partial charge in [-0.15, -0.1) is 0 Å². The minimum absolute atomic E-state index is 0.0544. The van der Waals surface area contributed by atoms with E-state index < -0.39 is 17.8 Å². The Morgan fingerprint density at radius 3 is 2.56 bits per heavy atom. The quantitative estimate of drug-likeness (QED) is 0.688. The number of halogens is 3. The predicted molar refractivity (Wildman–Crippen MR) is 95.4 cm³/mol. The lowest BCUT2D eigenvalue weighted by molar-refractivity contribution is -0.141. The topological polar surface area (TPSA) is 59.8 Å². The molecule has 0 aliphatic carbocycles. The second-order valence-electron chi connectivity index (χ2n) is 6.24. The summed E-state index contributed by atoms with van der Waals surface area (Å²) in [5.41, 5.74) is 1.15. The van der Waals surface area contributed by atoms with Gasteiger partial charge in [0, 0.05) is 13.1 Å². The molecular weight excluding hydrogens is 357 g/mol. The molecule has 0 aliphatic heterocycles. The number of nitrogens with one attached hydrogen (secondary N) is 1. The maximum atomic E-state index is 12.7. The summed E-state index contributed by atoms with van der Waals surface area (Å²) >= 11 is 0. The molecule has 27 heavy (non-hydrogen) atoms. The number of carbonyl (C=O) groups is 1. The Bertz CT molecular complexity index is 979. The van der Waals surface area contributed by atoms with Crippen molar-refractivity contribution in [2.24, 2.45) is 0 Å². The van der Waals surface area contributed by atoms with Gasteiger partial charge in [-0.25, -0.2) is 9.97 Å². The standard InChI is InChI=1S/C19H19F3N4O/c1-12-14(8-9-17(24-12)19(20,21)22)18(27)23-10-5-11-26-13(2)25-15-6-3-4-7-16(15)26/h3-4,6-9H,5,10-11H2,1-2H3,(H,23,27). The van der Waals surface area contributed by atoms with E-state index in [1.54, 1.807) is 0 Å². The maximum absolute atomic E-state index is 12.7. The number of nitrogens with zero attached hydrogens (tertiary/aromatic N) is 3. The summed E-state index contributed by atoms with van der Waals surface area (Å²) < 4.78 is 40.0. The van der Waals surface area contributed by atoms with Crippen LogP contribution in [0.1, 0.15) is 34.0 Å². The van der Waals surface area contributed by atoms with Crippen LogP contribution in [0.25, 0.3) is 11.0 Å². The van der Waals surface area contributed by atoms with E-state index in [-0.39, 0.29) is 11.3 Å². The fraction of sp³-hybridized carbons (Fsp3) is 0.316. The summed E-state index contributed by atoms with van der Waals surface area (Å²) in [5, 5.41) is 2.73. The van der Waals surface area contributed by atoms with E-state index in [1.165, 1.54) is 6.92 Å². The minimum atomic E-state index is -4.52. The first-order valence-electron chi connectivity index (χ1n) is 8.52. The van der Waals surface area contributed by atoms with Crippen LogP contribution >= 0.6 is 0 Å². The highest BCUT2D eigenvalue weighted by atomic mass is 19.4. The lowest BCUT2D eigenvalue weighted by atomic mass is 10.1. The van der Waals surface area contributed by atoms with E-state index >= 15 is 0 Å². The van der Waals surface area contributed by atoms with Gasteiger partial charge in [0.15, 0.2) is 0 Å². The van der Waals surface area contributed by atoms with E-state index in [4.69, 9.17) is 0 Å². The molecule has 0 saturated carbocycles. The van der Waals surface area contributed by atoms with Gasteiger partial charge in [-0.3, -0.25) is 4.79 Å². The van der Waals surface area contributed by atoms with Crippen LogP contribution in [0.2, 0.25) is 0 Å². The predicted octanol–water partition coefficient (Wildman–Crippen LogP) is 3.89. The van der Waals surface area contributed by atoms with E-state index in [1.807, 2.05) is 31.2 Å². The summed E-state index contributed by atoms with van der Waals surface area (Å²) in [6, 6.07) is 9.80. The van der Waals surface area contributed by atoms with Crippen LogP contribution in [-0.4, -0.2) is 27.0 Å². The number of rotatable bonds is 5. The average molecular weight is 376 g/mol. The Morgan fingerprint density at radius 1 is 1.11 bits per heavy atom. The van der Waals surface area contributed by atoms with Crippen molar-refractivity contribution in [3.05, 3.63) is 59.2 Å². The molecule has 1 amide bonds. The van der Waals surface area contributed by atoms with Crippen LogP contribution in [0.3, 0.4) is 0 Å². The van der Waals surface area contributed by atoms with E-state index in [2.05, 4.69) is 19.9 Å². The SMILES string of the molecule is Cc1nc(C(F)(F)F)ccc1C(=O)NCCCn1c(C)nc2ccccc21. The molecule has 0 bridgehead atoms. The third-order valence-corrected chi connectivity index (χ3v) is 4.31. The smallest absolute Gasteiger partial charge is 0.352 e. The molecule has 0 spiro atoms. The first-order valence-corrected chi connectivity index (χ1v) is 8.52. The molecule has 1 aromatic carbocycles. The number of alkyl halides is 3. The number of aryl methyl sites for hydroxylation is 3. The van der Waals surface area contributed by atoms with Crippen molar-refractivity contribution >= 4 is 16.9 Å². The third kappa shape index (κ3) is 4.10. The molecule has 0 radical (unpaired) electrons. The molecule has 2 heterocycles. The van der Waals surface area contributed by atoms with Crippen molar-refractivity contribution in [1.82, 2.24) is 19.9 Å². The van der Waals surface area contributed by atoms with Gasteiger partial charge in [0.1, 0.15) is 11.5 Å². The van der Waals surface area contributed by atoms with Crippen molar-refractivity contribution in [1.29, 1.82) is 0 Å². The third-order valence-electron chi connectivity index (χ3n) is 4.31. The molecule has 1 N–H and O–H groups in total. The summed E-state index contributed by atoms with van der Waals surface area (Å²) in [5.74, 6) is 0.464. The Balaban J connectivity index is 1.59. The Hall–Kier alpha value is -2.90. The number of hydrogen-bond donors (Lipinski definition) is 1. The summed E-state index contributed by atoms with van der Waals surface area (Å²) in [6.07, 6.45) is -3.86.